The summed E-state index contributed by atoms with van der Waals surface area (Å²) in [5, 5.41) is 2.59. The molecule has 2 heterocycles. The molecule has 0 N–H and O–H groups in total. The molecule has 0 fully saturated rings. The van der Waals surface area contributed by atoms with Gasteiger partial charge in [0.2, 0.25) is 0 Å². The van der Waals surface area contributed by atoms with E-state index in [2.05, 4.69) is 193 Å². The first-order valence-corrected chi connectivity index (χ1v) is 16.9. The first-order chi connectivity index (χ1) is 23.6. The number of para-hydroxylation sites is 5. The summed E-state index contributed by atoms with van der Waals surface area (Å²) in [4.78, 5) is 2.45. The van der Waals surface area contributed by atoms with Crippen LogP contribution in [0.2, 0.25) is 0 Å². The molecule has 1 atom stereocenters. The third kappa shape index (κ3) is 3.37. The predicted molar refractivity (Wildman–Crippen MR) is 199 cm³/mol. The molecular formula is C46H34N2. The molecule has 2 nitrogen and oxygen atoms in total. The average molecular weight is 615 g/mol. The van der Waals surface area contributed by atoms with Crippen LogP contribution in [0.25, 0.3) is 27.5 Å². The molecule has 8 aromatic rings. The lowest BCUT2D eigenvalue weighted by Crippen LogP contribution is -2.44. The van der Waals surface area contributed by atoms with Crippen LogP contribution in [0.5, 0.6) is 0 Å². The van der Waals surface area contributed by atoms with E-state index >= 15 is 0 Å². The molecule has 7 aromatic carbocycles. The van der Waals surface area contributed by atoms with Crippen molar-refractivity contribution in [2.75, 3.05) is 4.90 Å². The van der Waals surface area contributed by atoms with Crippen LogP contribution in [0.4, 0.5) is 17.1 Å². The quantitative estimate of drug-likeness (QED) is 0.192. The highest BCUT2D eigenvalue weighted by atomic mass is 15.1. The Labute approximate surface area is 281 Å². The van der Waals surface area contributed by atoms with E-state index in [1.807, 2.05) is 0 Å². The SMILES string of the molecule is CC1(C)c2ccccc2C2(c3ccccc3-n3c4ccccc4c4cccc2c43)c2cccc(N(c3ccccc3)c3ccccc3)c21. The average Bonchev–Trinajstić information content (AvgIpc) is 3.48. The third-order valence-corrected chi connectivity index (χ3v) is 11.0. The van der Waals surface area contributed by atoms with Gasteiger partial charge in [-0.05, 0) is 75.8 Å². The van der Waals surface area contributed by atoms with Crippen molar-refractivity contribution in [3.8, 4) is 5.69 Å². The van der Waals surface area contributed by atoms with Gasteiger partial charge in [-0.15, -0.1) is 0 Å². The molecule has 0 bridgehead atoms. The van der Waals surface area contributed by atoms with Crippen molar-refractivity contribution >= 4 is 38.9 Å². The van der Waals surface area contributed by atoms with Crippen molar-refractivity contribution in [3.63, 3.8) is 0 Å². The normalized spacial score (nSPS) is 16.8. The summed E-state index contributed by atoms with van der Waals surface area (Å²) in [6.45, 7) is 4.84. The smallest absolute Gasteiger partial charge is 0.0749 e. The van der Waals surface area contributed by atoms with E-state index in [1.54, 1.807) is 0 Å². The van der Waals surface area contributed by atoms with Crippen molar-refractivity contribution in [1.82, 2.24) is 4.57 Å². The molecule has 0 radical (unpaired) electrons. The van der Waals surface area contributed by atoms with Crippen molar-refractivity contribution in [3.05, 3.63) is 203 Å². The van der Waals surface area contributed by atoms with Crippen LogP contribution in [-0.2, 0) is 10.8 Å². The van der Waals surface area contributed by atoms with Crippen LogP contribution in [0.3, 0.4) is 0 Å². The molecular weight excluding hydrogens is 581 g/mol. The fourth-order valence-electron chi connectivity index (χ4n) is 9.19. The van der Waals surface area contributed by atoms with E-state index in [0.717, 1.165) is 11.4 Å². The van der Waals surface area contributed by atoms with Gasteiger partial charge in [-0.25, -0.2) is 0 Å². The number of aromatic nitrogens is 1. The summed E-state index contributed by atoms with van der Waals surface area (Å²) in [6.07, 6.45) is 0. The van der Waals surface area contributed by atoms with Gasteiger partial charge >= 0.3 is 0 Å². The van der Waals surface area contributed by atoms with Gasteiger partial charge in [0.25, 0.3) is 0 Å². The molecule has 2 heteroatoms. The molecule has 48 heavy (non-hydrogen) atoms. The van der Waals surface area contributed by atoms with Gasteiger partial charge in [0.1, 0.15) is 0 Å². The number of rotatable bonds is 3. The Balaban J connectivity index is 1.41. The molecule has 1 aliphatic carbocycles. The van der Waals surface area contributed by atoms with Crippen LogP contribution in [0.1, 0.15) is 47.2 Å². The minimum absolute atomic E-state index is 0.289. The Bertz CT molecular complexity index is 2500. The summed E-state index contributed by atoms with van der Waals surface area (Å²) >= 11 is 0. The van der Waals surface area contributed by atoms with Crippen molar-refractivity contribution < 1.29 is 0 Å². The lowest BCUT2D eigenvalue weighted by molar-refractivity contribution is 0.557. The van der Waals surface area contributed by atoms with E-state index in [-0.39, 0.29) is 5.41 Å². The predicted octanol–water partition coefficient (Wildman–Crippen LogP) is 11.6. The van der Waals surface area contributed by atoms with Crippen LogP contribution in [0, 0.1) is 0 Å². The zero-order chi connectivity index (χ0) is 32.0. The number of fused-ring (bicyclic) bond motifs is 11. The van der Waals surface area contributed by atoms with Crippen LogP contribution in [-0.4, -0.2) is 4.57 Å². The first-order valence-electron chi connectivity index (χ1n) is 16.9. The molecule has 228 valence electrons. The fourth-order valence-corrected chi connectivity index (χ4v) is 9.19. The van der Waals surface area contributed by atoms with Crippen molar-refractivity contribution in [2.45, 2.75) is 24.7 Å². The van der Waals surface area contributed by atoms with Gasteiger partial charge in [0.15, 0.2) is 0 Å². The zero-order valence-corrected chi connectivity index (χ0v) is 27.1. The molecule has 1 unspecified atom stereocenters. The van der Waals surface area contributed by atoms with E-state index in [0.29, 0.717) is 0 Å². The number of anilines is 3. The molecule has 1 aromatic heterocycles. The molecule has 0 amide bonds. The topological polar surface area (TPSA) is 8.17 Å². The standard InChI is InChI=1S/C46H34N2/c1-45(2)35-23-10-11-24-36(35)46(38-26-16-30-42(43(38)45)47(31-17-5-3-6-18-31)32-19-7-4-8-20-32)37-25-12-14-29-41(37)48-40-28-13-9-21-33(40)34-22-15-27-39(46)44(34)48/h3-30H,1-2H3. The maximum absolute atomic E-state index is 2.52. The Kier molecular flexibility index (Phi) is 5.58. The molecule has 1 aliphatic heterocycles. The van der Waals surface area contributed by atoms with Gasteiger partial charge in [0, 0.05) is 27.6 Å². The second-order valence-corrected chi connectivity index (χ2v) is 13.7. The van der Waals surface area contributed by atoms with Gasteiger partial charge in [-0.3, -0.25) is 0 Å². The molecule has 0 saturated carbocycles. The van der Waals surface area contributed by atoms with Crippen LogP contribution < -0.4 is 4.90 Å². The Morgan fingerprint density at radius 3 is 1.73 bits per heavy atom. The number of nitrogens with zero attached hydrogens (tertiary/aromatic N) is 2. The summed E-state index contributed by atoms with van der Waals surface area (Å²) in [5.74, 6) is 0. The van der Waals surface area contributed by atoms with Crippen molar-refractivity contribution in [1.29, 1.82) is 0 Å². The Morgan fingerprint density at radius 1 is 0.438 bits per heavy atom. The Morgan fingerprint density at radius 2 is 0.979 bits per heavy atom. The maximum atomic E-state index is 2.52. The molecule has 10 rings (SSSR count). The summed E-state index contributed by atoms with van der Waals surface area (Å²) in [5.41, 5.74) is 14.6. The zero-order valence-electron chi connectivity index (χ0n) is 27.1. The van der Waals surface area contributed by atoms with Gasteiger partial charge in [0.05, 0.1) is 27.8 Å². The highest BCUT2D eigenvalue weighted by Gasteiger charge is 2.53. The van der Waals surface area contributed by atoms with Gasteiger partial charge < -0.3 is 9.47 Å². The fraction of sp³-hybridized carbons (Fsp3) is 0.0870. The number of hydrogen-bond donors (Lipinski definition) is 0. The number of hydrogen-bond acceptors (Lipinski definition) is 1. The number of benzene rings is 7. The first kappa shape index (κ1) is 27.3. The highest BCUT2D eigenvalue weighted by molar-refractivity contribution is 6.12. The molecule has 0 saturated heterocycles. The van der Waals surface area contributed by atoms with Gasteiger partial charge in [-0.1, -0.05) is 141 Å². The van der Waals surface area contributed by atoms with Crippen LogP contribution >= 0.6 is 0 Å². The van der Waals surface area contributed by atoms with Crippen LogP contribution in [0.15, 0.2) is 170 Å². The summed E-state index contributed by atoms with van der Waals surface area (Å²) in [7, 11) is 0. The van der Waals surface area contributed by atoms with E-state index in [4.69, 9.17) is 0 Å². The largest absolute Gasteiger partial charge is 0.310 e. The molecule has 1 spiro atoms. The summed E-state index contributed by atoms with van der Waals surface area (Å²) < 4.78 is 2.52. The van der Waals surface area contributed by atoms with E-state index < -0.39 is 5.41 Å². The second-order valence-electron chi connectivity index (χ2n) is 13.7. The van der Waals surface area contributed by atoms with Crippen molar-refractivity contribution in [2.24, 2.45) is 0 Å². The van der Waals surface area contributed by atoms with E-state index in [9.17, 15) is 0 Å². The van der Waals surface area contributed by atoms with E-state index in [1.165, 1.54) is 66.6 Å². The highest BCUT2D eigenvalue weighted by Crippen LogP contribution is 2.62. The minimum atomic E-state index is -0.531. The lowest BCUT2D eigenvalue weighted by Gasteiger charge is -2.51. The van der Waals surface area contributed by atoms with Gasteiger partial charge in [-0.2, -0.15) is 0 Å². The third-order valence-electron chi connectivity index (χ3n) is 11.0. The maximum Gasteiger partial charge on any atom is 0.0749 e. The second kappa shape index (κ2) is 9.82. The monoisotopic (exact) mass is 614 g/mol. The Hall–Kier alpha value is -5.86. The minimum Gasteiger partial charge on any atom is -0.310 e. The molecule has 2 aliphatic rings. The lowest BCUT2D eigenvalue weighted by atomic mass is 9.53. The summed E-state index contributed by atoms with van der Waals surface area (Å²) in [6, 6.07) is 62.9.